The van der Waals surface area contributed by atoms with Crippen molar-refractivity contribution in [3.05, 3.63) is 82.3 Å². The summed E-state index contributed by atoms with van der Waals surface area (Å²) in [7, 11) is 0. The number of benzene rings is 2. The van der Waals surface area contributed by atoms with E-state index in [2.05, 4.69) is 104 Å². The van der Waals surface area contributed by atoms with Crippen molar-refractivity contribution < 1.29 is 0 Å². The molecule has 0 bridgehead atoms. The van der Waals surface area contributed by atoms with Crippen molar-refractivity contribution in [2.45, 2.75) is 0 Å². The Morgan fingerprint density at radius 1 is 0.483 bits per heavy atom. The van der Waals surface area contributed by atoms with Gasteiger partial charge in [-0.2, -0.15) is 0 Å². The van der Waals surface area contributed by atoms with E-state index >= 15 is 0 Å². The molecule has 2 rings (SSSR count). The zero-order valence-corrected chi connectivity index (χ0v) is 16.7. The van der Waals surface area contributed by atoms with Crippen molar-refractivity contribution in [2.24, 2.45) is 0 Å². The van der Waals surface area contributed by atoms with Gasteiger partial charge in [-0.25, -0.2) is 0 Å². The highest BCUT2D eigenvalue weighted by atomic mass is 79.9. The Morgan fingerprint density at radius 2 is 0.931 bits per heavy atom. The van der Waals surface area contributed by atoms with Crippen LogP contribution in [0.25, 0.3) is 0 Å². The van der Waals surface area contributed by atoms with Gasteiger partial charge in [0.1, 0.15) is 0 Å². The third kappa shape index (κ3) is 9.74. The van der Waals surface area contributed by atoms with Crippen molar-refractivity contribution in [3.63, 3.8) is 0 Å². The maximum atomic E-state index is 3.12. The molecule has 0 aliphatic rings. The lowest BCUT2D eigenvalue weighted by Crippen LogP contribution is -1.74. The molecular weight excluding hydrogens is 416 g/mol. The summed E-state index contributed by atoms with van der Waals surface area (Å²) >= 11 is 3.12. The molecule has 0 unspecified atom stereocenters. The number of rotatable bonds is 0. The molecule has 0 amide bonds. The van der Waals surface area contributed by atoms with Crippen LogP contribution < -0.4 is 0 Å². The van der Waals surface area contributed by atoms with Crippen LogP contribution in [-0.2, 0) is 0 Å². The number of hydrogen-bond acceptors (Lipinski definition) is 0. The summed E-state index contributed by atoms with van der Waals surface area (Å²) in [5, 5.41) is 0. The molecule has 0 saturated carbocycles. The minimum absolute atomic E-state index is 0.503. The summed E-state index contributed by atoms with van der Waals surface area (Å²) in [6.07, 6.45) is 0. The van der Waals surface area contributed by atoms with Crippen molar-refractivity contribution in [1.82, 2.24) is 0 Å². The molecule has 1 heteroatoms. The Morgan fingerprint density at radius 3 is 1.45 bits per heavy atom. The molecule has 2 aromatic rings. The fourth-order valence-corrected chi connectivity index (χ4v) is 1.90. The third-order valence-electron chi connectivity index (χ3n) is 2.93. The lowest BCUT2D eigenvalue weighted by Gasteiger charge is -1.85. The highest BCUT2D eigenvalue weighted by Gasteiger charge is 1.85. The minimum atomic E-state index is 0.503. The Balaban J connectivity index is 1.86. The predicted molar refractivity (Wildman–Crippen MR) is 121 cm³/mol. The maximum Gasteiger partial charge on any atom is 0.0912 e. The summed E-state index contributed by atoms with van der Waals surface area (Å²) in [5.74, 6) is 37.8. The summed E-state index contributed by atoms with van der Waals surface area (Å²) in [6, 6.07) is 19.2. The van der Waals surface area contributed by atoms with Crippen LogP contribution in [0.15, 0.2) is 66.2 Å². The van der Waals surface area contributed by atoms with Crippen LogP contribution in [0.2, 0.25) is 0 Å². The molecule has 0 saturated heterocycles. The van der Waals surface area contributed by atoms with Crippen LogP contribution >= 0.6 is 15.9 Å². The molecule has 0 N–H and O–H groups in total. The van der Waals surface area contributed by atoms with Gasteiger partial charge < -0.3 is 0 Å². The average Bonchev–Trinajstić information content (AvgIpc) is 2.78. The van der Waals surface area contributed by atoms with Gasteiger partial charge in [-0.15, -0.1) is 0 Å². The Bertz CT molecular complexity index is 1310. The molecule has 2 aromatic carbocycles. The Labute approximate surface area is 181 Å². The summed E-state index contributed by atoms with van der Waals surface area (Å²) in [4.78, 5) is 2.75. The smallest absolute Gasteiger partial charge is 0.0622 e. The molecule has 0 aromatic heterocycles. The third-order valence-corrected chi connectivity index (χ3v) is 3.33. The first-order chi connectivity index (χ1) is 14.4. The fraction of sp³-hybridized carbons (Fsp3) is 0. The van der Waals surface area contributed by atoms with Gasteiger partial charge >= 0.3 is 0 Å². The van der Waals surface area contributed by atoms with Gasteiger partial charge in [0.25, 0.3) is 0 Å². The Kier molecular flexibility index (Phi) is 9.90. The average molecular weight is 426 g/mol. The second kappa shape index (κ2) is 13.7. The first-order valence-electron chi connectivity index (χ1n) is 8.26. The van der Waals surface area contributed by atoms with Gasteiger partial charge in [0.05, 0.1) is 10.6 Å². The van der Waals surface area contributed by atoms with E-state index in [0.717, 1.165) is 11.1 Å². The molecule has 0 atom stereocenters. The largest absolute Gasteiger partial charge is 0.0912 e. The Hall–Kier alpha value is -4.42. The molecule has 0 aliphatic carbocycles. The van der Waals surface area contributed by atoms with E-state index in [4.69, 9.17) is 0 Å². The van der Waals surface area contributed by atoms with Gasteiger partial charge in [-0.1, -0.05) is 54.2 Å². The summed E-state index contributed by atoms with van der Waals surface area (Å²) in [6.45, 7) is 0. The molecule has 29 heavy (non-hydrogen) atoms. The van der Waals surface area contributed by atoms with Crippen molar-refractivity contribution in [3.8, 4) is 82.9 Å². The maximum absolute atomic E-state index is 3.12. The second-order valence-electron chi connectivity index (χ2n) is 4.95. The lowest BCUT2D eigenvalue weighted by molar-refractivity contribution is 1.65. The van der Waals surface area contributed by atoms with Crippen LogP contribution in [0.5, 0.6) is 0 Å². The molecule has 0 heterocycles. The summed E-state index contributed by atoms with van der Waals surface area (Å²) in [5.41, 5.74) is 2.31. The van der Waals surface area contributed by atoms with Gasteiger partial charge in [-0.05, 0) is 105 Å². The first-order valence-corrected chi connectivity index (χ1v) is 9.05. The molecule has 1 radical (unpaired) electrons. The highest BCUT2D eigenvalue weighted by Crippen LogP contribution is 1.98. The monoisotopic (exact) mass is 425 g/mol. The van der Waals surface area contributed by atoms with E-state index in [-0.39, 0.29) is 0 Å². The quantitative estimate of drug-likeness (QED) is 0.555. The second-order valence-corrected chi connectivity index (χ2v) is 5.35. The molecular formula is C28H10Br. The van der Waals surface area contributed by atoms with E-state index in [9.17, 15) is 0 Å². The van der Waals surface area contributed by atoms with Gasteiger partial charge in [0, 0.05) is 11.1 Å². The van der Waals surface area contributed by atoms with Crippen molar-refractivity contribution in [2.75, 3.05) is 0 Å². The zero-order valence-electron chi connectivity index (χ0n) is 15.2. The van der Waals surface area contributed by atoms with Crippen molar-refractivity contribution >= 4 is 15.9 Å². The normalized spacial score (nSPS) is 7.83. The lowest BCUT2D eigenvalue weighted by atomic mass is 10.2. The molecule has 0 spiro atoms. The zero-order chi connectivity index (χ0) is 20.4. The fourth-order valence-electron chi connectivity index (χ4n) is 1.70. The standard InChI is InChI=1S/C28H10Br/c29-25-28(24-23-27-20-15-10-16-21-27)22-12-8-6-4-2-1-3-5-7-11-17-26-18-13-9-14-19-26/h9-10,13-16,18-21H. The van der Waals surface area contributed by atoms with Crippen LogP contribution in [0.3, 0.4) is 0 Å². The van der Waals surface area contributed by atoms with E-state index in [1.165, 1.54) is 0 Å². The molecule has 0 fully saturated rings. The van der Waals surface area contributed by atoms with Gasteiger partial charge in [0.2, 0.25) is 0 Å². The highest BCUT2D eigenvalue weighted by molar-refractivity contribution is 9.10. The van der Waals surface area contributed by atoms with E-state index < -0.39 is 0 Å². The number of allylic oxidation sites excluding steroid dienone is 1. The van der Waals surface area contributed by atoms with Gasteiger partial charge in [-0.3, -0.25) is 0 Å². The van der Waals surface area contributed by atoms with Crippen molar-refractivity contribution in [1.29, 1.82) is 0 Å². The van der Waals surface area contributed by atoms with E-state index in [0.29, 0.717) is 5.57 Å². The SMILES string of the molecule is Br[C]=C(C#CC#CC#CC#CC#CC#Cc1ccccc1)C#Cc1ccccc1. The van der Waals surface area contributed by atoms with Crippen LogP contribution in [0, 0.1) is 87.9 Å². The van der Waals surface area contributed by atoms with Crippen LogP contribution in [0.4, 0.5) is 0 Å². The van der Waals surface area contributed by atoms with E-state index in [1.807, 2.05) is 60.7 Å². The van der Waals surface area contributed by atoms with Crippen LogP contribution in [-0.4, -0.2) is 0 Å². The number of halogens is 1. The number of hydrogen-bond donors (Lipinski definition) is 0. The first kappa shape index (κ1) is 20.9. The molecule has 129 valence electrons. The van der Waals surface area contributed by atoms with Gasteiger partial charge in [0.15, 0.2) is 0 Å². The predicted octanol–water partition coefficient (Wildman–Crippen LogP) is 4.19. The minimum Gasteiger partial charge on any atom is -0.0622 e. The molecule has 0 nitrogen and oxygen atoms in total. The summed E-state index contributed by atoms with van der Waals surface area (Å²) < 4.78 is 0. The molecule has 0 aliphatic heterocycles. The van der Waals surface area contributed by atoms with Crippen LogP contribution in [0.1, 0.15) is 11.1 Å². The van der Waals surface area contributed by atoms with E-state index in [1.54, 1.807) is 0 Å². The topological polar surface area (TPSA) is 0 Å².